The van der Waals surface area contributed by atoms with Gasteiger partial charge in [-0.15, -0.1) is 0 Å². The molecule has 0 saturated heterocycles. The topological polar surface area (TPSA) is 125 Å². The Morgan fingerprint density at radius 3 is 2.24 bits per heavy atom. The molecule has 9 nitrogen and oxygen atoms in total. The van der Waals surface area contributed by atoms with Gasteiger partial charge in [-0.05, 0) is 32.4 Å². The van der Waals surface area contributed by atoms with Crippen LogP contribution in [0.3, 0.4) is 0 Å². The highest BCUT2D eigenvalue weighted by Gasteiger charge is 2.24. The van der Waals surface area contributed by atoms with Gasteiger partial charge in [0.15, 0.2) is 0 Å². The molecular weight excluding hydrogens is 332 g/mol. The summed E-state index contributed by atoms with van der Waals surface area (Å²) < 4.78 is 9.68. The van der Waals surface area contributed by atoms with Crippen molar-refractivity contribution in [3.63, 3.8) is 0 Å². The number of amides is 1. The average molecular weight is 352 g/mol. The highest BCUT2D eigenvalue weighted by Crippen LogP contribution is 2.12. The van der Waals surface area contributed by atoms with E-state index in [1.807, 2.05) is 0 Å². The monoisotopic (exact) mass is 352 g/mol. The van der Waals surface area contributed by atoms with Crippen LogP contribution in [0.2, 0.25) is 0 Å². The predicted molar refractivity (Wildman–Crippen MR) is 86.9 cm³/mol. The van der Waals surface area contributed by atoms with Gasteiger partial charge in [-0.2, -0.15) is 0 Å². The van der Waals surface area contributed by atoms with Gasteiger partial charge in [-0.3, -0.25) is 19.7 Å². The Hall–Kier alpha value is -2.97. The molecule has 0 spiro atoms. The quantitative estimate of drug-likeness (QED) is 0.406. The summed E-state index contributed by atoms with van der Waals surface area (Å²) in [4.78, 5) is 45.6. The van der Waals surface area contributed by atoms with Gasteiger partial charge >= 0.3 is 11.9 Å². The number of nitro groups is 1. The van der Waals surface area contributed by atoms with Gasteiger partial charge in [-0.25, -0.2) is 4.79 Å². The maximum atomic E-state index is 12.2. The Kier molecular flexibility index (Phi) is 8.04. The van der Waals surface area contributed by atoms with Crippen molar-refractivity contribution in [1.82, 2.24) is 5.32 Å². The zero-order valence-corrected chi connectivity index (χ0v) is 14.0. The van der Waals surface area contributed by atoms with E-state index >= 15 is 0 Å². The first-order valence-electron chi connectivity index (χ1n) is 7.76. The number of nitrogens with one attached hydrogen (secondary N) is 1. The van der Waals surface area contributed by atoms with Crippen molar-refractivity contribution < 1.29 is 28.8 Å². The van der Waals surface area contributed by atoms with Gasteiger partial charge in [0.1, 0.15) is 6.04 Å². The number of benzene rings is 1. The first-order valence-corrected chi connectivity index (χ1v) is 7.76. The number of hydrogen-bond acceptors (Lipinski definition) is 7. The second-order valence-electron chi connectivity index (χ2n) is 4.93. The third kappa shape index (κ3) is 6.58. The molecule has 25 heavy (non-hydrogen) atoms. The second kappa shape index (κ2) is 10.0. The molecular formula is C16H20N2O7. The van der Waals surface area contributed by atoms with E-state index in [0.717, 1.165) is 0 Å². The fourth-order valence-corrected chi connectivity index (χ4v) is 1.96. The summed E-state index contributed by atoms with van der Waals surface area (Å²) in [5, 5.41) is 13.1. The minimum absolute atomic E-state index is 0.0242. The predicted octanol–water partition coefficient (Wildman–Crippen LogP) is 1.60. The molecule has 0 heterocycles. The molecule has 9 heteroatoms. The van der Waals surface area contributed by atoms with Gasteiger partial charge in [0.25, 0.3) is 11.6 Å². The maximum Gasteiger partial charge on any atom is 0.328 e. The van der Waals surface area contributed by atoms with E-state index in [2.05, 4.69) is 5.32 Å². The summed E-state index contributed by atoms with van der Waals surface area (Å²) in [6.45, 7) is 3.63. The number of nitro benzene ring substituents is 1. The van der Waals surface area contributed by atoms with E-state index in [9.17, 15) is 24.5 Å². The van der Waals surface area contributed by atoms with Crippen molar-refractivity contribution in [1.29, 1.82) is 0 Å². The molecule has 0 aliphatic carbocycles. The fourth-order valence-electron chi connectivity index (χ4n) is 1.96. The van der Waals surface area contributed by atoms with Crippen molar-refractivity contribution >= 4 is 23.5 Å². The minimum Gasteiger partial charge on any atom is -0.466 e. The molecule has 0 bridgehead atoms. The highest BCUT2D eigenvalue weighted by atomic mass is 16.6. The number of carbonyl (C=O) groups excluding carboxylic acids is 3. The van der Waals surface area contributed by atoms with Crippen molar-refractivity contribution in [2.24, 2.45) is 0 Å². The molecule has 0 saturated carbocycles. The van der Waals surface area contributed by atoms with Crippen LogP contribution < -0.4 is 5.32 Å². The van der Waals surface area contributed by atoms with Crippen molar-refractivity contribution in [2.75, 3.05) is 13.2 Å². The molecule has 0 aliphatic rings. The largest absolute Gasteiger partial charge is 0.466 e. The third-order valence-electron chi connectivity index (χ3n) is 3.16. The van der Waals surface area contributed by atoms with E-state index < -0.39 is 28.8 Å². The van der Waals surface area contributed by atoms with Crippen LogP contribution in [-0.4, -0.2) is 42.0 Å². The Morgan fingerprint density at radius 1 is 1.12 bits per heavy atom. The average Bonchev–Trinajstić information content (AvgIpc) is 2.58. The molecule has 136 valence electrons. The molecule has 0 unspecified atom stereocenters. The molecule has 0 aliphatic heterocycles. The molecule has 1 N–H and O–H groups in total. The summed E-state index contributed by atoms with van der Waals surface area (Å²) in [6, 6.07) is 3.91. The first-order chi connectivity index (χ1) is 11.9. The number of non-ortho nitro benzene ring substituents is 1. The Labute approximate surface area is 144 Å². The van der Waals surface area contributed by atoms with Crippen LogP contribution in [0.5, 0.6) is 0 Å². The number of hydrogen-bond donors (Lipinski definition) is 1. The van der Waals surface area contributed by atoms with Crippen LogP contribution in [0.4, 0.5) is 5.69 Å². The van der Waals surface area contributed by atoms with Crippen LogP contribution in [0.1, 0.15) is 37.0 Å². The lowest BCUT2D eigenvalue weighted by atomic mass is 10.1. The zero-order chi connectivity index (χ0) is 18.8. The second-order valence-corrected chi connectivity index (χ2v) is 4.93. The van der Waals surface area contributed by atoms with E-state index in [4.69, 9.17) is 9.47 Å². The summed E-state index contributed by atoms with van der Waals surface area (Å²) in [6.07, 6.45) is -0.0335. The fraction of sp³-hybridized carbons (Fsp3) is 0.438. The van der Waals surface area contributed by atoms with Gasteiger partial charge in [-0.1, -0.05) is 0 Å². The number of esters is 2. The van der Waals surface area contributed by atoms with Crippen LogP contribution in [0.25, 0.3) is 0 Å². The SMILES string of the molecule is CCOC(=O)CC[C@H](NC(=O)c1ccc([N+](=O)[O-])cc1)C(=O)OCC. The molecule has 1 atom stereocenters. The van der Waals surface area contributed by atoms with Crippen LogP contribution in [0, 0.1) is 10.1 Å². The molecule has 1 rings (SSSR count). The summed E-state index contributed by atoms with van der Waals surface area (Å²) in [5.74, 6) is -1.75. The van der Waals surface area contributed by atoms with Crippen LogP contribution in [-0.2, 0) is 19.1 Å². The summed E-state index contributed by atoms with van der Waals surface area (Å²) in [7, 11) is 0. The number of ether oxygens (including phenoxy) is 2. The number of rotatable bonds is 9. The van der Waals surface area contributed by atoms with Crippen molar-refractivity contribution in [3.05, 3.63) is 39.9 Å². The van der Waals surface area contributed by atoms with Crippen LogP contribution >= 0.6 is 0 Å². The lowest BCUT2D eigenvalue weighted by molar-refractivity contribution is -0.384. The van der Waals surface area contributed by atoms with Crippen molar-refractivity contribution in [3.8, 4) is 0 Å². The van der Waals surface area contributed by atoms with Gasteiger partial charge in [0.2, 0.25) is 0 Å². The summed E-state index contributed by atoms with van der Waals surface area (Å²) in [5.41, 5.74) is -0.00293. The standard InChI is InChI=1S/C16H20N2O7/c1-3-24-14(19)10-9-13(16(21)25-4-2)17-15(20)11-5-7-12(8-6-11)18(22)23/h5-8,13H,3-4,9-10H2,1-2H3,(H,17,20)/t13-/m0/s1. The zero-order valence-electron chi connectivity index (χ0n) is 14.0. The Morgan fingerprint density at radius 2 is 1.72 bits per heavy atom. The lowest BCUT2D eigenvalue weighted by Crippen LogP contribution is -2.42. The van der Waals surface area contributed by atoms with Crippen molar-refractivity contribution in [2.45, 2.75) is 32.7 Å². The van der Waals surface area contributed by atoms with E-state index in [-0.39, 0.29) is 37.3 Å². The smallest absolute Gasteiger partial charge is 0.328 e. The molecule has 0 fully saturated rings. The Balaban J connectivity index is 2.77. The lowest BCUT2D eigenvalue weighted by Gasteiger charge is -2.17. The normalized spacial score (nSPS) is 11.3. The molecule has 1 aromatic rings. The molecule has 1 aromatic carbocycles. The van der Waals surface area contributed by atoms with Gasteiger partial charge in [0.05, 0.1) is 18.1 Å². The number of nitrogens with zero attached hydrogens (tertiary/aromatic N) is 1. The third-order valence-corrected chi connectivity index (χ3v) is 3.16. The Bertz CT molecular complexity index is 628. The summed E-state index contributed by atoms with van der Waals surface area (Å²) >= 11 is 0. The van der Waals surface area contributed by atoms with Gasteiger partial charge in [0, 0.05) is 24.1 Å². The van der Waals surface area contributed by atoms with Gasteiger partial charge < -0.3 is 14.8 Å². The number of carbonyl (C=O) groups is 3. The molecule has 0 aromatic heterocycles. The minimum atomic E-state index is -1.02. The van der Waals surface area contributed by atoms with Crippen LogP contribution in [0.15, 0.2) is 24.3 Å². The molecule has 0 radical (unpaired) electrons. The molecule has 1 amide bonds. The van der Waals surface area contributed by atoms with E-state index in [1.165, 1.54) is 24.3 Å². The first kappa shape index (κ1) is 20.1. The van der Waals surface area contributed by atoms with E-state index in [1.54, 1.807) is 13.8 Å². The maximum absolute atomic E-state index is 12.2. The highest BCUT2D eigenvalue weighted by molar-refractivity contribution is 5.97. The van der Waals surface area contributed by atoms with E-state index in [0.29, 0.717) is 0 Å².